The molecule has 5 heteroatoms. The highest BCUT2D eigenvalue weighted by molar-refractivity contribution is 4.96. The third-order valence-corrected chi connectivity index (χ3v) is 4.57. The second-order valence-electron chi connectivity index (χ2n) is 5.96. The lowest BCUT2D eigenvalue weighted by atomic mass is 9.70. The molecule has 112 valence electrons. The van der Waals surface area contributed by atoms with E-state index >= 15 is 0 Å². The van der Waals surface area contributed by atoms with Crippen LogP contribution < -0.4 is 5.32 Å². The minimum Gasteiger partial charge on any atom is -0.375 e. The summed E-state index contributed by atoms with van der Waals surface area (Å²) in [5.74, 6) is 0.330. The van der Waals surface area contributed by atoms with Crippen molar-refractivity contribution in [3.8, 4) is 0 Å². The molecule has 1 aliphatic carbocycles. The largest absolute Gasteiger partial charge is 0.389 e. The number of ether oxygens (including phenoxy) is 1. The van der Waals surface area contributed by atoms with Gasteiger partial charge < -0.3 is 10.1 Å². The molecule has 0 aromatic rings. The molecule has 1 N–H and O–H groups in total. The first-order valence-electron chi connectivity index (χ1n) is 7.38. The minimum atomic E-state index is -4.05. The molecule has 1 heterocycles. The van der Waals surface area contributed by atoms with E-state index in [-0.39, 0.29) is 18.1 Å². The summed E-state index contributed by atoms with van der Waals surface area (Å²) in [6.45, 7) is 3.39. The Labute approximate surface area is 113 Å². The van der Waals surface area contributed by atoms with Crippen molar-refractivity contribution in [1.29, 1.82) is 0 Å². The summed E-state index contributed by atoms with van der Waals surface area (Å²) in [4.78, 5) is 0. The summed E-state index contributed by atoms with van der Waals surface area (Å²) in [7, 11) is 0. The van der Waals surface area contributed by atoms with Crippen LogP contribution in [-0.4, -0.2) is 31.0 Å². The molecule has 2 fully saturated rings. The number of alkyl halides is 3. The normalized spacial score (nSPS) is 28.1. The predicted octanol–water partition coefficient (Wildman–Crippen LogP) is 3.66. The molecule has 0 radical (unpaired) electrons. The Morgan fingerprint density at radius 2 is 2.11 bits per heavy atom. The molecule has 2 aliphatic rings. The van der Waals surface area contributed by atoms with Gasteiger partial charge in [0.15, 0.2) is 0 Å². The maximum Gasteiger partial charge on any atom is 0.389 e. The zero-order chi connectivity index (χ0) is 13.9. The summed E-state index contributed by atoms with van der Waals surface area (Å²) in [6, 6.07) is -0.0204. The third kappa shape index (κ3) is 4.09. The Hall–Kier alpha value is -0.290. The number of hydrogen-bond acceptors (Lipinski definition) is 2. The van der Waals surface area contributed by atoms with Crippen LogP contribution in [-0.2, 0) is 4.74 Å². The number of rotatable bonds is 5. The molecular weight excluding hydrogens is 255 g/mol. The van der Waals surface area contributed by atoms with E-state index in [1.54, 1.807) is 0 Å². The van der Waals surface area contributed by atoms with Gasteiger partial charge in [0.05, 0.1) is 5.60 Å². The van der Waals surface area contributed by atoms with E-state index in [9.17, 15) is 13.2 Å². The van der Waals surface area contributed by atoms with Crippen LogP contribution in [0.1, 0.15) is 51.9 Å². The van der Waals surface area contributed by atoms with E-state index in [0.29, 0.717) is 12.5 Å². The highest BCUT2D eigenvalue weighted by atomic mass is 19.4. The van der Waals surface area contributed by atoms with E-state index in [1.165, 1.54) is 6.42 Å². The number of halogens is 3. The molecule has 19 heavy (non-hydrogen) atoms. The topological polar surface area (TPSA) is 21.3 Å². The summed E-state index contributed by atoms with van der Waals surface area (Å²) >= 11 is 0. The van der Waals surface area contributed by atoms with E-state index in [2.05, 4.69) is 5.32 Å². The van der Waals surface area contributed by atoms with Crippen molar-refractivity contribution >= 4 is 0 Å². The zero-order valence-corrected chi connectivity index (χ0v) is 11.6. The molecule has 2 rings (SSSR count). The maximum absolute atomic E-state index is 12.4. The van der Waals surface area contributed by atoms with Crippen LogP contribution in [0.15, 0.2) is 0 Å². The van der Waals surface area contributed by atoms with Gasteiger partial charge >= 0.3 is 6.18 Å². The maximum atomic E-state index is 12.4. The van der Waals surface area contributed by atoms with Crippen molar-refractivity contribution < 1.29 is 17.9 Å². The van der Waals surface area contributed by atoms with Gasteiger partial charge in [-0.3, -0.25) is 0 Å². The van der Waals surface area contributed by atoms with Crippen LogP contribution in [0.5, 0.6) is 0 Å². The third-order valence-electron chi connectivity index (χ3n) is 4.57. The number of hydrogen-bond donors (Lipinski definition) is 1. The molecule has 0 bridgehead atoms. The van der Waals surface area contributed by atoms with Gasteiger partial charge in [0, 0.05) is 19.1 Å². The molecule has 1 saturated heterocycles. The fourth-order valence-corrected chi connectivity index (χ4v) is 3.41. The summed E-state index contributed by atoms with van der Waals surface area (Å²) in [6.07, 6.45) is 0.643. The highest BCUT2D eigenvalue weighted by Crippen LogP contribution is 2.45. The van der Waals surface area contributed by atoms with Crippen LogP contribution in [0.3, 0.4) is 0 Å². The molecule has 1 saturated carbocycles. The van der Waals surface area contributed by atoms with Gasteiger partial charge in [-0.05, 0) is 51.0 Å². The van der Waals surface area contributed by atoms with E-state index in [4.69, 9.17) is 4.74 Å². The Bertz CT molecular complexity index is 289. The van der Waals surface area contributed by atoms with Gasteiger partial charge in [-0.25, -0.2) is 0 Å². The van der Waals surface area contributed by atoms with Crippen molar-refractivity contribution in [3.63, 3.8) is 0 Å². The average molecular weight is 279 g/mol. The van der Waals surface area contributed by atoms with Gasteiger partial charge in [-0.15, -0.1) is 0 Å². The second-order valence-corrected chi connectivity index (χ2v) is 5.96. The highest BCUT2D eigenvalue weighted by Gasteiger charge is 2.44. The van der Waals surface area contributed by atoms with Crippen LogP contribution in [0.25, 0.3) is 0 Å². The van der Waals surface area contributed by atoms with Gasteiger partial charge in [-0.1, -0.05) is 6.92 Å². The summed E-state index contributed by atoms with van der Waals surface area (Å²) in [5, 5.41) is 3.26. The molecule has 2 nitrogen and oxygen atoms in total. The fourth-order valence-electron chi connectivity index (χ4n) is 3.41. The second kappa shape index (κ2) is 6.00. The Morgan fingerprint density at radius 1 is 1.37 bits per heavy atom. The molecule has 2 unspecified atom stereocenters. The standard InChI is InChI=1S/C14H24F3NO/c1-2-18-12(4-8-14(15,16)17)11-5-9-19-13(10-11)6-3-7-13/h11-12,18H,2-10H2,1H3. The van der Waals surface area contributed by atoms with Gasteiger partial charge in [0.25, 0.3) is 0 Å². The first-order chi connectivity index (χ1) is 8.94. The molecule has 0 aromatic carbocycles. The average Bonchev–Trinajstić information content (AvgIpc) is 2.31. The summed E-state index contributed by atoms with van der Waals surface area (Å²) < 4.78 is 43.1. The van der Waals surface area contributed by atoms with Crippen LogP contribution in [0.2, 0.25) is 0 Å². The zero-order valence-electron chi connectivity index (χ0n) is 11.6. The summed E-state index contributed by atoms with van der Waals surface area (Å²) in [5.41, 5.74) is 0.00875. The van der Waals surface area contributed by atoms with Gasteiger partial charge in [0.2, 0.25) is 0 Å². The molecule has 2 atom stereocenters. The lowest BCUT2D eigenvalue weighted by Gasteiger charge is -2.49. The molecule has 1 aliphatic heterocycles. The van der Waals surface area contributed by atoms with Crippen LogP contribution >= 0.6 is 0 Å². The number of nitrogens with one attached hydrogen (secondary N) is 1. The Kier molecular flexibility index (Phi) is 4.77. The molecule has 0 aromatic heterocycles. The van der Waals surface area contributed by atoms with Crippen LogP contribution in [0.4, 0.5) is 13.2 Å². The Morgan fingerprint density at radius 3 is 2.63 bits per heavy atom. The monoisotopic (exact) mass is 279 g/mol. The van der Waals surface area contributed by atoms with E-state index < -0.39 is 12.6 Å². The van der Waals surface area contributed by atoms with Gasteiger partial charge in [-0.2, -0.15) is 13.2 Å². The van der Waals surface area contributed by atoms with Crippen molar-refractivity contribution in [3.05, 3.63) is 0 Å². The lowest BCUT2D eigenvalue weighted by molar-refractivity contribution is -0.153. The molecule has 1 spiro atoms. The Balaban J connectivity index is 1.90. The lowest BCUT2D eigenvalue weighted by Crippen LogP contribution is -2.50. The minimum absolute atomic E-state index is 0.00875. The molecule has 0 amide bonds. The first kappa shape index (κ1) is 15.1. The van der Waals surface area contributed by atoms with Crippen molar-refractivity contribution in [2.45, 2.75) is 69.7 Å². The predicted molar refractivity (Wildman–Crippen MR) is 68.0 cm³/mol. The smallest absolute Gasteiger partial charge is 0.375 e. The van der Waals surface area contributed by atoms with Crippen molar-refractivity contribution in [1.82, 2.24) is 5.32 Å². The quantitative estimate of drug-likeness (QED) is 0.829. The van der Waals surface area contributed by atoms with E-state index in [1.807, 2.05) is 6.92 Å². The van der Waals surface area contributed by atoms with Crippen LogP contribution in [0, 0.1) is 5.92 Å². The van der Waals surface area contributed by atoms with Gasteiger partial charge in [0.1, 0.15) is 0 Å². The SMILES string of the molecule is CCNC(CCC(F)(F)F)C1CCOC2(CCC2)C1. The van der Waals surface area contributed by atoms with Crippen molar-refractivity contribution in [2.24, 2.45) is 5.92 Å². The first-order valence-corrected chi connectivity index (χ1v) is 7.38. The fraction of sp³-hybridized carbons (Fsp3) is 1.00. The van der Waals surface area contributed by atoms with E-state index in [0.717, 1.165) is 32.2 Å². The molecular formula is C14H24F3NO. The van der Waals surface area contributed by atoms with Crippen molar-refractivity contribution in [2.75, 3.05) is 13.2 Å².